The third kappa shape index (κ3) is 4.39. The van der Waals surface area contributed by atoms with Crippen molar-refractivity contribution in [2.24, 2.45) is 0 Å². The minimum atomic E-state index is -4.77. The van der Waals surface area contributed by atoms with Gasteiger partial charge in [-0.2, -0.15) is 13.2 Å². The zero-order valence-electron chi connectivity index (χ0n) is 15.2. The first-order valence-corrected chi connectivity index (χ1v) is 10.1. The second kappa shape index (κ2) is 8.30. The summed E-state index contributed by atoms with van der Waals surface area (Å²) in [6.07, 6.45) is -3.96. The molecule has 2 heterocycles. The largest absolute Gasteiger partial charge is 0.417 e. The fraction of sp³-hybridized carbons (Fsp3) is 0.353. The Balaban J connectivity index is 2.40. The number of methoxy groups -OCH3 is 1. The third-order valence-corrected chi connectivity index (χ3v) is 6.25. The molecule has 12 heteroatoms. The number of rotatable bonds is 6. The number of hydrogen-bond acceptors (Lipinski definition) is 7. The van der Waals surface area contributed by atoms with E-state index in [1.807, 2.05) is 4.98 Å². The molecule has 0 aliphatic heterocycles. The molecule has 29 heavy (non-hydrogen) atoms. The van der Waals surface area contributed by atoms with Crippen LogP contribution in [-0.4, -0.2) is 45.6 Å². The highest BCUT2D eigenvalue weighted by atomic mass is 32.2. The lowest BCUT2D eigenvalue weighted by Crippen LogP contribution is -2.24. The maximum absolute atomic E-state index is 13.9. The Hall–Kier alpha value is -2.15. The van der Waals surface area contributed by atoms with Crippen molar-refractivity contribution in [2.45, 2.75) is 24.1 Å². The lowest BCUT2D eigenvalue weighted by atomic mass is 10.0. The number of thiazole rings is 1. The Morgan fingerprint density at radius 2 is 2.07 bits per heavy atom. The molecule has 0 fully saturated rings. The number of hydrogen-bond donors (Lipinski definition) is 3. The second-order valence-corrected chi connectivity index (χ2v) is 8.35. The van der Waals surface area contributed by atoms with E-state index < -0.39 is 29.1 Å². The predicted octanol–water partition coefficient (Wildman–Crippen LogP) is 2.77. The zero-order chi connectivity index (χ0) is 21.3. The molecule has 1 aromatic carbocycles. The van der Waals surface area contributed by atoms with Gasteiger partial charge in [0.05, 0.1) is 29.2 Å². The van der Waals surface area contributed by atoms with Crippen molar-refractivity contribution in [1.82, 2.24) is 15.0 Å². The summed E-state index contributed by atoms with van der Waals surface area (Å²) in [5.41, 5.74) is -3.04. The average molecular weight is 447 g/mol. The highest BCUT2D eigenvalue weighted by Crippen LogP contribution is 2.46. The van der Waals surface area contributed by atoms with Crippen LogP contribution in [0.1, 0.15) is 10.4 Å². The summed E-state index contributed by atoms with van der Waals surface area (Å²) in [7, 11) is 1.36. The molecule has 3 N–H and O–H groups in total. The summed E-state index contributed by atoms with van der Waals surface area (Å²) < 4.78 is 46.8. The molecule has 0 unspecified atom stereocenters. The Labute approximate surface area is 170 Å². The second-order valence-electron chi connectivity index (χ2n) is 6.08. The van der Waals surface area contributed by atoms with Crippen molar-refractivity contribution in [3.05, 3.63) is 43.5 Å². The van der Waals surface area contributed by atoms with Gasteiger partial charge in [-0.05, 0) is 13.0 Å². The van der Waals surface area contributed by atoms with Crippen LogP contribution in [0.5, 0.6) is 0 Å². The summed E-state index contributed by atoms with van der Waals surface area (Å²) >= 11 is 2.01. The molecule has 0 radical (unpaired) electrons. The fourth-order valence-electron chi connectivity index (χ4n) is 2.70. The Kier molecular flexibility index (Phi) is 6.17. The quantitative estimate of drug-likeness (QED) is 0.502. The number of benzene rings is 1. The number of fused-ring (bicyclic) bond motifs is 1. The number of ether oxygens (including phenoxy) is 1. The van der Waals surface area contributed by atoms with E-state index in [9.17, 15) is 27.9 Å². The number of nitrogens with one attached hydrogen (secondary N) is 2. The molecule has 0 aliphatic rings. The molecule has 0 aliphatic carbocycles. The summed E-state index contributed by atoms with van der Waals surface area (Å²) in [5, 5.41) is 9.15. The van der Waals surface area contributed by atoms with E-state index in [1.165, 1.54) is 13.3 Å². The Morgan fingerprint density at radius 1 is 1.34 bits per heavy atom. The van der Waals surface area contributed by atoms with Crippen LogP contribution < -0.4 is 11.2 Å². The van der Waals surface area contributed by atoms with E-state index in [-0.39, 0.29) is 38.7 Å². The molecule has 2 aromatic heterocycles. The standard InChI is InChI=1S/C17H16F3N3O4S2/c1-7-4-21-15(29-7)11-10(17(18,19)20)3-9-12(22-16(26)23-14(9)25)13(11)28-6-8(5-24)27-2/h3-4,8,24H,5-6H2,1-2H3,(H2,22,23,25,26)/t8-/m0/s1. The van der Waals surface area contributed by atoms with E-state index in [4.69, 9.17) is 4.74 Å². The van der Waals surface area contributed by atoms with Gasteiger partial charge in [0.15, 0.2) is 0 Å². The average Bonchev–Trinajstić information content (AvgIpc) is 3.07. The van der Waals surface area contributed by atoms with Crippen molar-refractivity contribution in [1.29, 1.82) is 0 Å². The maximum atomic E-state index is 13.9. The van der Waals surface area contributed by atoms with Crippen molar-refractivity contribution in [3.8, 4) is 10.6 Å². The van der Waals surface area contributed by atoms with Crippen LogP contribution in [0.4, 0.5) is 13.2 Å². The van der Waals surface area contributed by atoms with E-state index in [0.717, 1.165) is 29.2 Å². The van der Waals surface area contributed by atoms with Gasteiger partial charge in [0, 0.05) is 34.4 Å². The zero-order valence-corrected chi connectivity index (χ0v) is 16.8. The fourth-order valence-corrected chi connectivity index (χ4v) is 4.84. The van der Waals surface area contributed by atoms with E-state index >= 15 is 0 Å². The van der Waals surface area contributed by atoms with E-state index in [2.05, 4.69) is 9.97 Å². The minimum Gasteiger partial charge on any atom is -0.394 e. The predicted molar refractivity (Wildman–Crippen MR) is 105 cm³/mol. The molecule has 7 nitrogen and oxygen atoms in total. The molecular formula is C17H16F3N3O4S2. The van der Waals surface area contributed by atoms with Crippen LogP contribution in [0.25, 0.3) is 21.5 Å². The van der Waals surface area contributed by atoms with Crippen molar-refractivity contribution in [3.63, 3.8) is 0 Å². The molecule has 0 amide bonds. The number of aliphatic hydroxyl groups is 1. The highest BCUT2D eigenvalue weighted by molar-refractivity contribution is 7.99. The van der Waals surface area contributed by atoms with Gasteiger partial charge in [0.1, 0.15) is 5.01 Å². The molecule has 1 atom stereocenters. The molecular weight excluding hydrogens is 431 g/mol. The smallest absolute Gasteiger partial charge is 0.394 e. The first-order chi connectivity index (χ1) is 13.7. The van der Waals surface area contributed by atoms with Gasteiger partial charge in [-0.15, -0.1) is 23.1 Å². The van der Waals surface area contributed by atoms with Crippen LogP contribution in [0.2, 0.25) is 0 Å². The minimum absolute atomic E-state index is 0.0209. The number of aromatic nitrogens is 3. The molecule has 0 bridgehead atoms. The van der Waals surface area contributed by atoms with Crippen LogP contribution in [0, 0.1) is 6.92 Å². The SMILES string of the molecule is CO[C@@H](CO)CSc1c(-c2ncc(C)s2)c(C(F)(F)F)cc2c(=O)[nH]c(=O)[nH]c12. The number of nitrogens with zero attached hydrogens (tertiary/aromatic N) is 1. The molecule has 0 spiro atoms. The molecule has 0 saturated heterocycles. The number of halogens is 3. The topological polar surface area (TPSA) is 108 Å². The van der Waals surface area contributed by atoms with Gasteiger partial charge in [0.2, 0.25) is 0 Å². The molecule has 156 valence electrons. The van der Waals surface area contributed by atoms with Crippen LogP contribution in [0.3, 0.4) is 0 Å². The lowest BCUT2D eigenvalue weighted by molar-refractivity contribution is -0.137. The summed E-state index contributed by atoms with van der Waals surface area (Å²) in [5.74, 6) is 0.0929. The van der Waals surface area contributed by atoms with E-state index in [1.54, 1.807) is 6.92 Å². The molecule has 0 saturated carbocycles. The lowest BCUT2D eigenvalue weighted by Gasteiger charge is -2.19. The van der Waals surface area contributed by atoms with Crippen molar-refractivity contribution < 1.29 is 23.0 Å². The van der Waals surface area contributed by atoms with Gasteiger partial charge in [-0.1, -0.05) is 0 Å². The number of aryl methyl sites for hydroxylation is 1. The first kappa shape index (κ1) is 21.6. The van der Waals surface area contributed by atoms with Gasteiger partial charge < -0.3 is 14.8 Å². The van der Waals surface area contributed by atoms with Crippen molar-refractivity contribution in [2.75, 3.05) is 19.5 Å². The normalized spacial score (nSPS) is 13.2. The number of aromatic amines is 2. The highest BCUT2D eigenvalue weighted by Gasteiger charge is 2.37. The maximum Gasteiger partial charge on any atom is 0.417 e. The van der Waals surface area contributed by atoms with Crippen LogP contribution >= 0.6 is 23.1 Å². The molecule has 3 aromatic rings. The summed E-state index contributed by atoms with van der Waals surface area (Å²) in [6.45, 7) is 1.37. The Bertz CT molecular complexity index is 1150. The van der Waals surface area contributed by atoms with Crippen molar-refractivity contribution >= 4 is 34.0 Å². The third-order valence-electron chi connectivity index (χ3n) is 4.08. The number of thioether (sulfide) groups is 1. The summed E-state index contributed by atoms with van der Waals surface area (Å²) in [6, 6.07) is 0.722. The van der Waals surface area contributed by atoms with E-state index in [0.29, 0.717) is 4.88 Å². The van der Waals surface area contributed by atoms with Gasteiger partial charge in [-0.25, -0.2) is 9.78 Å². The van der Waals surface area contributed by atoms with Gasteiger partial charge in [-0.3, -0.25) is 9.78 Å². The van der Waals surface area contributed by atoms with Crippen LogP contribution in [-0.2, 0) is 10.9 Å². The number of aliphatic hydroxyl groups excluding tert-OH is 1. The number of alkyl halides is 3. The monoisotopic (exact) mass is 447 g/mol. The molecule has 3 rings (SSSR count). The summed E-state index contributed by atoms with van der Waals surface area (Å²) in [4.78, 5) is 33.2. The Morgan fingerprint density at radius 3 is 2.62 bits per heavy atom. The van der Waals surface area contributed by atoms with Gasteiger partial charge in [0.25, 0.3) is 5.56 Å². The van der Waals surface area contributed by atoms with Gasteiger partial charge >= 0.3 is 11.9 Å². The first-order valence-electron chi connectivity index (χ1n) is 8.25. The van der Waals surface area contributed by atoms with Crippen LogP contribution in [0.15, 0.2) is 26.7 Å². The number of H-pyrrole nitrogens is 2.